The summed E-state index contributed by atoms with van der Waals surface area (Å²) in [7, 11) is 0. The quantitative estimate of drug-likeness (QED) is 0.786. The molecule has 2 aromatic carbocycles. The molecule has 0 bridgehead atoms. The zero-order chi connectivity index (χ0) is 16.7. The number of hydrogen-bond donors (Lipinski definition) is 2. The molecule has 0 saturated carbocycles. The van der Waals surface area contributed by atoms with Gasteiger partial charge >= 0.3 is 0 Å². The highest BCUT2D eigenvalue weighted by Gasteiger charge is 2.06. The lowest BCUT2D eigenvalue weighted by Gasteiger charge is -2.07. The van der Waals surface area contributed by atoms with Gasteiger partial charge in [0.05, 0.1) is 0 Å². The molecular weight excluding hydrogens is 380 g/mol. The van der Waals surface area contributed by atoms with Crippen molar-refractivity contribution < 1.29 is 9.59 Å². The number of halogens is 2. The maximum atomic E-state index is 11.9. The Labute approximate surface area is 148 Å². The third-order valence-corrected chi connectivity index (χ3v) is 3.89. The molecule has 0 aliphatic carbocycles. The van der Waals surface area contributed by atoms with Crippen LogP contribution in [-0.2, 0) is 11.3 Å². The first-order chi connectivity index (χ1) is 11.0. The molecule has 4 nitrogen and oxygen atoms in total. The van der Waals surface area contributed by atoms with E-state index in [4.69, 9.17) is 11.6 Å². The van der Waals surface area contributed by atoms with Crippen molar-refractivity contribution in [3.8, 4) is 0 Å². The normalized spacial score (nSPS) is 10.2. The van der Waals surface area contributed by atoms with Gasteiger partial charge in [-0.25, -0.2) is 0 Å². The molecule has 120 valence electrons. The van der Waals surface area contributed by atoms with Crippen molar-refractivity contribution >= 4 is 39.3 Å². The highest BCUT2D eigenvalue weighted by Crippen LogP contribution is 2.11. The van der Waals surface area contributed by atoms with Gasteiger partial charge in [0.15, 0.2) is 0 Å². The molecule has 0 aliphatic rings. The molecule has 0 radical (unpaired) electrons. The van der Waals surface area contributed by atoms with Gasteiger partial charge in [-0.15, -0.1) is 0 Å². The molecule has 0 aromatic heterocycles. The number of benzene rings is 2. The Bertz CT molecular complexity index is 689. The predicted molar refractivity (Wildman–Crippen MR) is 94.4 cm³/mol. The Balaban J connectivity index is 1.70. The summed E-state index contributed by atoms with van der Waals surface area (Å²) in [5, 5.41) is 6.15. The third-order valence-electron chi connectivity index (χ3n) is 3.12. The van der Waals surface area contributed by atoms with E-state index in [0.29, 0.717) is 17.1 Å². The summed E-state index contributed by atoms with van der Waals surface area (Å²) in [5.74, 6) is -0.318. The molecule has 2 rings (SSSR count). The number of carbonyl (C=O) groups excluding carboxylic acids is 2. The topological polar surface area (TPSA) is 58.2 Å². The van der Waals surface area contributed by atoms with E-state index >= 15 is 0 Å². The maximum Gasteiger partial charge on any atom is 0.251 e. The van der Waals surface area contributed by atoms with Crippen molar-refractivity contribution in [3.05, 3.63) is 69.2 Å². The molecule has 6 heteroatoms. The molecular formula is C17H16BrClN2O2. The summed E-state index contributed by atoms with van der Waals surface area (Å²) in [6.45, 7) is 0.705. The fourth-order valence-corrected chi connectivity index (χ4v) is 2.41. The van der Waals surface area contributed by atoms with Crippen LogP contribution in [-0.4, -0.2) is 18.4 Å². The van der Waals surface area contributed by atoms with Crippen molar-refractivity contribution in [2.45, 2.75) is 13.0 Å². The van der Waals surface area contributed by atoms with E-state index in [1.807, 2.05) is 12.1 Å². The molecule has 0 heterocycles. The van der Waals surface area contributed by atoms with Gasteiger partial charge in [-0.05, 0) is 42.0 Å². The Morgan fingerprint density at radius 3 is 2.48 bits per heavy atom. The maximum absolute atomic E-state index is 11.9. The smallest absolute Gasteiger partial charge is 0.251 e. The van der Waals surface area contributed by atoms with E-state index in [1.165, 1.54) is 0 Å². The summed E-state index contributed by atoms with van der Waals surface area (Å²) >= 11 is 9.20. The molecule has 2 N–H and O–H groups in total. The number of amides is 2. The van der Waals surface area contributed by atoms with Gasteiger partial charge in [-0.2, -0.15) is 0 Å². The average molecular weight is 396 g/mol. The molecule has 0 unspecified atom stereocenters. The lowest BCUT2D eigenvalue weighted by molar-refractivity contribution is -0.121. The summed E-state index contributed by atoms with van der Waals surface area (Å²) in [6, 6.07) is 14.3. The fourth-order valence-electron chi connectivity index (χ4n) is 1.93. The third kappa shape index (κ3) is 6.04. The molecule has 0 fully saturated rings. The molecule has 0 atom stereocenters. The molecule has 0 aliphatic heterocycles. The van der Waals surface area contributed by atoms with E-state index < -0.39 is 0 Å². The van der Waals surface area contributed by atoms with Crippen LogP contribution < -0.4 is 10.6 Å². The fraction of sp³-hybridized carbons (Fsp3) is 0.176. The lowest BCUT2D eigenvalue weighted by Crippen LogP contribution is -2.30. The number of nitrogens with one attached hydrogen (secondary N) is 2. The first-order valence-corrected chi connectivity index (χ1v) is 8.26. The second kappa shape index (κ2) is 8.70. The second-order valence-corrected chi connectivity index (χ2v) is 6.27. The van der Waals surface area contributed by atoms with Crippen molar-refractivity contribution in [2.75, 3.05) is 6.54 Å². The van der Waals surface area contributed by atoms with Crippen LogP contribution in [0.2, 0.25) is 5.02 Å². The Morgan fingerprint density at radius 1 is 1.04 bits per heavy atom. The van der Waals surface area contributed by atoms with Gasteiger partial charge < -0.3 is 10.6 Å². The monoisotopic (exact) mass is 394 g/mol. The van der Waals surface area contributed by atoms with E-state index in [1.54, 1.807) is 36.4 Å². The zero-order valence-electron chi connectivity index (χ0n) is 12.3. The van der Waals surface area contributed by atoms with Crippen LogP contribution in [0.1, 0.15) is 22.3 Å². The van der Waals surface area contributed by atoms with Crippen LogP contribution >= 0.6 is 27.5 Å². The van der Waals surface area contributed by atoms with E-state index in [0.717, 1.165) is 10.0 Å². The number of hydrogen-bond acceptors (Lipinski definition) is 2. The predicted octanol–water partition coefficient (Wildman–Crippen LogP) is 3.54. The molecule has 0 spiro atoms. The highest BCUT2D eigenvalue weighted by molar-refractivity contribution is 9.10. The van der Waals surface area contributed by atoms with Gasteiger partial charge in [-0.1, -0.05) is 39.7 Å². The summed E-state index contributed by atoms with van der Waals surface area (Å²) in [5.41, 5.74) is 1.50. The standard InChI is InChI=1S/C17H16BrClN2O2/c18-14-6-4-13(5-7-14)17(23)20-9-8-16(22)21-11-12-2-1-3-15(19)10-12/h1-7,10H,8-9,11H2,(H,20,23)(H,21,22). The Kier molecular flexibility index (Phi) is 6.62. The first kappa shape index (κ1) is 17.5. The summed E-state index contributed by atoms with van der Waals surface area (Å²) in [6.07, 6.45) is 0.225. The van der Waals surface area contributed by atoms with Crippen LogP contribution in [0.15, 0.2) is 53.0 Å². The minimum absolute atomic E-state index is 0.124. The minimum atomic E-state index is -0.194. The molecule has 23 heavy (non-hydrogen) atoms. The van der Waals surface area contributed by atoms with Crippen LogP contribution in [0.3, 0.4) is 0 Å². The van der Waals surface area contributed by atoms with E-state index in [9.17, 15) is 9.59 Å². The van der Waals surface area contributed by atoms with Crippen LogP contribution in [0.4, 0.5) is 0 Å². The van der Waals surface area contributed by atoms with E-state index in [-0.39, 0.29) is 24.8 Å². The van der Waals surface area contributed by atoms with Crippen molar-refractivity contribution in [1.29, 1.82) is 0 Å². The summed E-state index contributed by atoms with van der Waals surface area (Å²) in [4.78, 5) is 23.6. The number of carbonyl (C=O) groups is 2. The van der Waals surface area contributed by atoms with Crippen molar-refractivity contribution in [2.24, 2.45) is 0 Å². The van der Waals surface area contributed by atoms with Crippen molar-refractivity contribution in [1.82, 2.24) is 10.6 Å². The average Bonchev–Trinajstić information content (AvgIpc) is 2.53. The van der Waals surface area contributed by atoms with Gasteiger partial charge in [0.25, 0.3) is 5.91 Å². The highest BCUT2D eigenvalue weighted by atomic mass is 79.9. The van der Waals surface area contributed by atoms with Gasteiger partial charge in [0.1, 0.15) is 0 Å². The second-order valence-electron chi connectivity index (χ2n) is 4.92. The van der Waals surface area contributed by atoms with Crippen LogP contribution in [0.5, 0.6) is 0 Å². The van der Waals surface area contributed by atoms with E-state index in [2.05, 4.69) is 26.6 Å². The van der Waals surface area contributed by atoms with Gasteiger partial charge in [0.2, 0.25) is 5.91 Å². The molecule has 0 saturated heterocycles. The molecule has 2 aromatic rings. The SMILES string of the molecule is O=C(CCNC(=O)c1ccc(Br)cc1)NCc1cccc(Cl)c1. The lowest BCUT2D eigenvalue weighted by atomic mass is 10.2. The Morgan fingerprint density at radius 2 is 1.78 bits per heavy atom. The minimum Gasteiger partial charge on any atom is -0.352 e. The van der Waals surface area contributed by atoms with Crippen molar-refractivity contribution in [3.63, 3.8) is 0 Å². The summed E-state index contributed by atoms with van der Waals surface area (Å²) < 4.78 is 0.912. The first-order valence-electron chi connectivity index (χ1n) is 7.09. The van der Waals surface area contributed by atoms with Gasteiger partial charge in [-0.3, -0.25) is 9.59 Å². The molecule has 2 amide bonds. The van der Waals surface area contributed by atoms with Crippen LogP contribution in [0.25, 0.3) is 0 Å². The van der Waals surface area contributed by atoms with Crippen LogP contribution in [0, 0.1) is 0 Å². The number of rotatable bonds is 6. The zero-order valence-corrected chi connectivity index (χ0v) is 14.7. The van der Waals surface area contributed by atoms with Gasteiger partial charge in [0, 0.05) is 34.6 Å². The largest absolute Gasteiger partial charge is 0.352 e. The Hall–Kier alpha value is -1.85.